The highest BCUT2D eigenvalue weighted by Crippen LogP contribution is 2.31. The highest BCUT2D eigenvalue weighted by molar-refractivity contribution is 5.84. The standard InChI is InChI=1S/C14H13NO4/c16-13(17)10-6-9-5-8-3-1-2-4-12(8)15(9)7-11(10)14(18)19/h1-5,10-11H,6-7H2,(H,16,17)(H,18,19). The van der Waals surface area contributed by atoms with E-state index in [1.165, 1.54) is 0 Å². The monoisotopic (exact) mass is 259 g/mol. The third-order valence-corrected chi connectivity index (χ3v) is 3.82. The summed E-state index contributed by atoms with van der Waals surface area (Å²) in [6.07, 6.45) is 0.265. The van der Waals surface area contributed by atoms with Crippen molar-refractivity contribution in [2.24, 2.45) is 11.8 Å². The molecule has 5 nitrogen and oxygen atoms in total. The first-order valence-electron chi connectivity index (χ1n) is 6.10. The molecule has 0 radical (unpaired) electrons. The van der Waals surface area contributed by atoms with Crippen molar-refractivity contribution in [1.82, 2.24) is 4.57 Å². The van der Waals surface area contributed by atoms with Crippen LogP contribution >= 0.6 is 0 Å². The van der Waals surface area contributed by atoms with E-state index >= 15 is 0 Å². The van der Waals surface area contributed by atoms with Crippen molar-refractivity contribution in [3.05, 3.63) is 36.0 Å². The second-order valence-electron chi connectivity index (χ2n) is 4.90. The van der Waals surface area contributed by atoms with Gasteiger partial charge in [-0.1, -0.05) is 18.2 Å². The van der Waals surface area contributed by atoms with Gasteiger partial charge in [-0.25, -0.2) is 0 Å². The van der Waals surface area contributed by atoms with Crippen LogP contribution in [-0.4, -0.2) is 26.7 Å². The van der Waals surface area contributed by atoms with Crippen molar-refractivity contribution in [2.45, 2.75) is 13.0 Å². The zero-order valence-corrected chi connectivity index (χ0v) is 10.1. The predicted molar refractivity (Wildman–Crippen MR) is 67.9 cm³/mol. The molecule has 0 amide bonds. The van der Waals surface area contributed by atoms with Gasteiger partial charge in [0.15, 0.2) is 0 Å². The molecule has 2 aromatic rings. The van der Waals surface area contributed by atoms with E-state index in [2.05, 4.69) is 0 Å². The maximum absolute atomic E-state index is 11.3. The number of fused-ring (bicyclic) bond motifs is 3. The average molecular weight is 259 g/mol. The van der Waals surface area contributed by atoms with Crippen molar-refractivity contribution in [2.75, 3.05) is 0 Å². The summed E-state index contributed by atoms with van der Waals surface area (Å²) >= 11 is 0. The molecule has 0 spiro atoms. The van der Waals surface area contributed by atoms with Crippen LogP contribution in [-0.2, 0) is 22.6 Å². The summed E-state index contributed by atoms with van der Waals surface area (Å²) in [5.74, 6) is -3.81. The Morgan fingerprint density at radius 1 is 1.11 bits per heavy atom. The van der Waals surface area contributed by atoms with Crippen LogP contribution in [0.15, 0.2) is 30.3 Å². The second-order valence-corrected chi connectivity index (χ2v) is 4.90. The molecule has 2 atom stereocenters. The summed E-state index contributed by atoms with van der Waals surface area (Å²) in [6.45, 7) is 0.217. The molecular formula is C14H13NO4. The predicted octanol–water partition coefficient (Wildman–Crippen LogP) is 1.60. The van der Waals surface area contributed by atoms with Gasteiger partial charge in [0.1, 0.15) is 0 Å². The fourth-order valence-corrected chi connectivity index (χ4v) is 2.85. The van der Waals surface area contributed by atoms with Gasteiger partial charge in [0.25, 0.3) is 0 Å². The minimum Gasteiger partial charge on any atom is -0.481 e. The maximum Gasteiger partial charge on any atom is 0.309 e. The Bertz CT molecular complexity index is 673. The van der Waals surface area contributed by atoms with E-state index in [1.54, 1.807) is 0 Å². The Kier molecular flexibility index (Phi) is 2.55. The molecule has 0 saturated heterocycles. The molecule has 0 fully saturated rings. The minimum absolute atomic E-state index is 0.217. The Balaban J connectivity index is 2.12. The lowest BCUT2D eigenvalue weighted by Crippen LogP contribution is -2.38. The van der Waals surface area contributed by atoms with Gasteiger partial charge in [0, 0.05) is 24.2 Å². The Hall–Kier alpha value is -2.30. The number of carboxylic acids is 2. The lowest BCUT2D eigenvalue weighted by Gasteiger charge is -2.28. The van der Waals surface area contributed by atoms with E-state index in [-0.39, 0.29) is 13.0 Å². The summed E-state index contributed by atoms with van der Waals surface area (Å²) in [4.78, 5) is 22.5. The van der Waals surface area contributed by atoms with Gasteiger partial charge < -0.3 is 14.8 Å². The number of aliphatic carboxylic acids is 2. The van der Waals surface area contributed by atoms with E-state index in [0.717, 1.165) is 16.6 Å². The number of carbonyl (C=O) groups is 2. The summed E-state index contributed by atoms with van der Waals surface area (Å²) in [6, 6.07) is 9.64. The topological polar surface area (TPSA) is 79.5 Å². The van der Waals surface area contributed by atoms with Crippen molar-refractivity contribution in [3.8, 4) is 0 Å². The van der Waals surface area contributed by atoms with Crippen LogP contribution in [0.5, 0.6) is 0 Å². The normalized spacial score (nSPS) is 22.1. The molecule has 0 saturated carbocycles. The van der Waals surface area contributed by atoms with Crippen LogP contribution in [0.4, 0.5) is 0 Å². The molecular weight excluding hydrogens is 246 g/mol. The summed E-state index contributed by atoms with van der Waals surface area (Å²) in [7, 11) is 0. The average Bonchev–Trinajstić information content (AvgIpc) is 2.74. The molecule has 2 heterocycles. The van der Waals surface area contributed by atoms with Crippen molar-refractivity contribution in [1.29, 1.82) is 0 Å². The number of hydrogen-bond acceptors (Lipinski definition) is 2. The smallest absolute Gasteiger partial charge is 0.309 e. The van der Waals surface area contributed by atoms with Crippen LogP contribution in [0.1, 0.15) is 5.69 Å². The van der Waals surface area contributed by atoms with Crippen LogP contribution in [0.3, 0.4) is 0 Å². The molecule has 5 heteroatoms. The first kappa shape index (κ1) is 11.8. The summed E-state index contributed by atoms with van der Waals surface area (Å²) in [5.41, 5.74) is 1.86. The fraction of sp³-hybridized carbons (Fsp3) is 0.286. The van der Waals surface area contributed by atoms with Gasteiger partial charge in [-0.3, -0.25) is 9.59 Å². The molecule has 1 aliphatic heterocycles. The highest BCUT2D eigenvalue weighted by atomic mass is 16.4. The fourth-order valence-electron chi connectivity index (χ4n) is 2.85. The van der Waals surface area contributed by atoms with Gasteiger partial charge in [0.2, 0.25) is 0 Å². The maximum atomic E-state index is 11.3. The number of rotatable bonds is 2. The SMILES string of the molecule is O=C(O)C1Cc2cc3ccccc3n2CC1C(=O)O. The lowest BCUT2D eigenvalue weighted by molar-refractivity contribution is -0.155. The van der Waals surface area contributed by atoms with Crippen LogP contribution in [0.2, 0.25) is 0 Å². The molecule has 3 rings (SSSR count). The zero-order valence-electron chi connectivity index (χ0n) is 10.1. The Morgan fingerprint density at radius 3 is 2.47 bits per heavy atom. The Morgan fingerprint density at radius 2 is 1.79 bits per heavy atom. The largest absolute Gasteiger partial charge is 0.481 e. The number of nitrogens with zero attached hydrogens (tertiary/aromatic N) is 1. The first-order chi connectivity index (χ1) is 9.08. The van der Waals surface area contributed by atoms with Crippen LogP contribution < -0.4 is 0 Å². The quantitative estimate of drug-likeness (QED) is 0.858. The van der Waals surface area contributed by atoms with Gasteiger partial charge >= 0.3 is 11.9 Å². The van der Waals surface area contributed by atoms with E-state index in [1.807, 2.05) is 34.9 Å². The molecule has 0 aliphatic carbocycles. The van der Waals surface area contributed by atoms with Crippen molar-refractivity contribution >= 4 is 22.8 Å². The van der Waals surface area contributed by atoms with Crippen LogP contribution in [0.25, 0.3) is 10.9 Å². The van der Waals surface area contributed by atoms with E-state index in [0.29, 0.717) is 0 Å². The molecule has 1 aromatic carbocycles. The van der Waals surface area contributed by atoms with Crippen LogP contribution in [0, 0.1) is 11.8 Å². The number of hydrogen-bond donors (Lipinski definition) is 2. The third kappa shape index (κ3) is 1.78. The number of benzene rings is 1. The number of carboxylic acid groups (broad SMARTS) is 2. The third-order valence-electron chi connectivity index (χ3n) is 3.82. The van der Waals surface area contributed by atoms with Crippen molar-refractivity contribution in [3.63, 3.8) is 0 Å². The van der Waals surface area contributed by atoms with Gasteiger partial charge in [-0.05, 0) is 17.5 Å². The number of aromatic nitrogens is 1. The lowest BCUT2D eigenvalue weighted by atomic mass is 9.85. The molecule has 0 bridgehead atoms. The molecule has 2 N–H and O–H groups in total. The summed E-state index contributed by atoms with van der Waals surface area (Å²) < 4.78 is 1.92. The van der Waals surface area contributed by atoms with Gasteiger partial charge in [-0.15, -0.1) is 0 Å². The minimum atomic E-state index is -1.05. The Labute approximate surface area is 109 Å². The van der Waals surface area contributed by atoms with Crippen molar-refractivity contribution < 1.29 is 19.8 Å². The van der Waals surface area contributed by atoms with E-state index in [9.17, 15) is 19.8 Å². The molecule has 98 valence electrons. The molecule has 1 aliphatic rings. The zero-order chi connectivity index (χ0) is 13.6. The molecule has 1 aromatic heterocycles. The van der Waals surface area contributed by atoms with Gasteiger partial charge in [-0.2, -0.15) is 0 Å². The van der Waals surface area contributed by atoms with E-state index < -0.39 is 23.8 Å². The van der Waals surface area contributed by atoms with E-state index in [4.69, 9.17) is 0 Å². The highest BCUT2D eigenvalue weighted by Gasteiger charge is 2.38. The van der Waals surface area contributed by atoms with Gasteiger partial charge in [0.05, 0.1) is 11.8 Å². The second kappa shape index (κ2) is 4.12. The molecule has 2 unspecified atom stereocenters. The molecule has 19 heavy (non-hydrogen) atoms. The first-order valence-corrected chi connectivity index (χ1v) is 6.10. The summed E-state index contributed by atoms with van der Waals surface area (Å²) in [5, 5.41) is 19.4. The number of para-hydroxylation sites is 1.